The molecular weight excluding hydrogens is 476 g/mol. The van der Waals surface area contributed by atoms with Crippen molar-refractivity contribution in [1.82, 2.24) is 35.0 Å². The van der Waals surface area contributed by atoms with Gasteiger partial charge in [-0.3, -0.25) is 9.80 Å². The van der Waals surface area contributed by atoms with Gasteiger partial charge in [0.25, 0.3) is 0 Å². The Balaban J connectivity index is 0.000000190. The van der Waals surface area contributed by atoms with Gasteiger partial charge in [0, 0.05) is 37.9 Å². The van der Waals surface area contributed by atoms with Crippen molar-refractivity contribution in [2.45, 2.75) is 44.4 Å². The highest BCUT2D eigenvalue weighted by Crippen LogP contribution is 2.26. The molecular formula is C29H36N8O. The number of aromatic nitrogens is 5. The molecule has 0 amide bonds. The van der Waals surface area contributed by atoms with Gasteiger partial charge in [0.05, 0.1) is 6.54 Å². The topological polar surface area (TPSA) is 98.2 Å². The van der Waals surface area contributed by atoms with Crippen LogP contribution in [0.25, 0.3) is 0 Å². The molecule has 3 heterocycles. The number of hydrogen-bond donors (Lipinski definition) is 1. The number of hydrogen-bond acceptors (Lipinski definition) is 8. The van der Waals surface area contributed by atoms with Crippen LogP contribution < -0.4 is 10.5 Å². The summed E-state index contributed by atoms with van der Waals surface area (Å²) in [5.41, 5.74) is 7.73. The summed E-state index contributed by atoms with van der Waals surface area (Å²) < 4.78 is 7.30. The highest BCUT2D eigenvalue weighted by atomic mass is 16.5. The Morgan fingerprint density at radius 2 is 1.61 bits per heavy atom. The predicted molar refractivity (Wildman–Crippen MR) is 146 cm³/mol. The lowest BCUT2D eigenvalue weighted by Gasteiger charge is -2.37. The zero-order chi connectivity index (χ0) is 26.0. The predicted octanol–water partition coefficient (Wildman–Crippen LogP) is 4.11. The maximum atomic E-state index is 6.55. The summed E-state index contributed by atoms with van der Waals surface area (Å²) in [5.74, 6) is 2.18. The highest BCUT2D eigenvalue weighted by molar-refractivity contribution is 5.26. The normalized spacial score (nSPS) is 17.5. The molecule has 6 rings (SSSR count). The molecule has 1 atom stereocenters. The Kier molecular flexibility index (Phi) is 9.04. The van der Waals surface area contributed by atoms with Gasteiger partial charge in [-0.2, -0.15) is 0 Å². The Morgan fingerprint density at radius 3 is 2.32 bits per heavy atom. The van der Waals surface area contributed by atoms with Crippen LogP contribution in [0.15, 0.2) is 85.1 Å². The molecule has 38 heavy (non-hydrogen) atoms. The molecule has 2 N–H and O–H groups in total. The van der Waals surface area contributed by atoms with Crippen LogP contribution in [0.5, 0.6) is 11.6 Å². The van der Waals surface area contributed by atoms with Crippen molar-refractivity contribution in [2.24, 2.45) is 5.73 Å². The smallest absolute Gasteiger partial charge is 0.219 e. The third-order valence-electron chi connectivity index (χ3n) is 7.15. The van der Waals surface area contributed by atoms with Crippen LogP contribution in [0.4, 0.5) is 0 Å². The van der Waals surface area contributed by atoms with E-state index in [2.05, 4.69) is 42.4 Å². The summed E-state index contributed by atoms with van der Waals surface area (Å²) >= 11 is 0. The van der Waals surface area contributed by atoms with E-state index in [0.29, 0.717) is 12.4 Å². The van der Waals surface area contributed by atoms with Gasteiger partial charge in [-0.05, 0) is 60.0 Å². The largest absolute Gasteiger partial charge is 0.439 e. The Bertz CT molecular complexity index is 1180. The first-order chi connectivity index (χ1) is 18.8. The van der Waals surface area contributed by atoms with E-state index < -0.39 is 0 Å². The molecule has 1 unspecified atom stereocenters. The highest BCUT2D eigenvalue weighted by Gasteiger charge is 2.29. The lowest BCUT2D eigenvalue weighted by atomic mass is 9.91. The molecule has 2 aromatic carbocycles. The standard InChI is InChI=1S/C18H27N7.C11H9NO/c19-17(24-11-5-10-23(12-13-24)16-8-4-9-16)18-20-21-22-25(18)14-15-6-2-1-3-7-15;1-2-6-10(7-3-1)13-11-8-4-5-9-12-11/h1-3,6-7,16-17H,4-5,8-14,19H2;1-9H. The lowest BCUT2D eigenvalue weighted by Crippen LogP contribution is -2.43. The van der Waals surface area contributed by atoms with E-state index in [1.54, 1.807) is 6.20 Å². The lowest BCUT2D eigenvalue weighted by molar-refractivity contribution is 0.125. The van der Waals surface area contributed by atoms with Gasteiger partial charge in [-0.25, -0.2) is 9.67 Å². The summed E-state index contributed by atoms with van der Waals surface area (Å²) in [6.45, 7) is 4.92. The van der Waals surface area contributed by atoms with Gasteiger partial charge in [0.15, 0.2) is 5.82 Å². The SMILES string of the molecule is NC(c1nnnn1Cc1ccccc1)N1CCCN(C2CCC2)CC1.c1ccc(Oc2ccccn2)cc1. The molecule has 9 heteroatoms. The zero-order valence-electron chi connectivity index (χ0n) is 21.7. The number of rotatable bonds is 7. The minimum Gasteiger partial charge on any atom is -0.439 e. The first kappa shape index (κ1) is 26.0. The van der Waals surface area contributed by atoms with E-state index >= 15 is 0 Å². The fraction of sp³-hybridized carbons (Fsp3) is 0.379. The Hall–Kier alpha value is -3.66. The molecule has 2 aliphatic rings. The molecule has 1 aliphatic carbocycles. The van der Waals surface area contributed by atoms with Gasteiger partial charge in [-0.15, -0.1) is 5.10 Å². The van der Waals surface area contributed by atoms with Gasteiger partial charge in [-0.1, -0.05) is 61.0 Å². The van der Waals surface area contributed by atoms with Crippen LogP contribution in [0.2, 0.25) is 0 Å². The van der Waals surface area contributed by atoms with Crippen molar-refractivity contribution in [3.63, 3.8) is 0 Å². The molecule has 9 nitrogen and oxygen atoms in total. The average molecular weight is 513 g/mol. The third kappa shape index (κ3) is 7.00. The van der Waals surface area contributed by atoms with Gasteiger partial charge >= 0.3 is 0 Å². The molecule has 1 saturated carbocycles. The van der Waals surface area contributed by atoms with Crippen LogP contribution in [0.1, 0.15) is 43.2 Å². The minimum absolute atomic E-state index is 0.250. The molecule has 2 aromatic heterocycles. The third-order valence-corrected chi connectivity index (χ3v) is 7.15. The molecule has 1 saturated heterocycles. The number of para-hydroxylation sites is 1. The van der Waals surface area contributed by atoms with Crippen LogP contribution in [-0.2, 0) is 6.54 Å². The summed E-state index contributed by atoms with van der Waals surface area (Å²) in [4.78, 5) is 9.02. The first-order valence-corrected chi connectivity index (χ1v) is 13.4. The van der Waals surface area contributed by atoms with E-state index in [9.17, 15) is 0 Å². The van der Waals surface area contributed by atoms with Crippen LogP contribution in [-0.4, -0.2) is 67.2 Å². The van der Waals surface area contributed by atoms with E-state index in [0.717, 1.165) is 43.7 Å². The zero-order valence-corrected chi connectivity index (χ0v) is 21.7. The van der Waals surface area contributed by atoms with Crippen molar-refractivity contribution in [1.29, 1.82) is 0 Å². The number of nitrogens with two attached hydrogens (primary N) is 1. The summed E-state index contributed by atoms with van der Waals surface area (Å²) in [6, 6.07) is 26.2. The van der Waals surface area contributed by atoms with E-state index in [1.165, 1.54) is 31.4 Å². The molecule has 4 aromatic rings. The van der Waals surface area contributed by atoms with Crippen molar-refractivity contribution in [2.75, 3.05) is 26.2 Å². The maximum absolute atomic E-state index is 6.55. The monoisotopic (exact) mass is 512 g/mol. The van der Waals surface area contributed by atoms with Crippen molar-refractivity contribution in [3.05, 3.63) is 96.4 Å². The molecule has 1 aliphatic heterocycles. The van der Waals surface area contributed by atoms with E-state index in [4.69, 9.17) is 10.5 Å². The van der Waals surface area contributed by atoms with Crippen molar-refractivity contribution >= 4 is 0 Å². The minimum atomic E-state index is -0.250. The quantitative estimate of drug-likeness (QED) is 0.395. The van der Waals surface area contributed by atoms with Crippen molar-refractivity contribution < 1.29 is 4.74 Å². The molecule has 2 fully saturated rings. The summed E-state index contributed by atoms with van der Waals surface area (Å²) in [5, 5.41) is 12.2. The number of nitrogens with zero attached hydrogens (tertiary/aromatic N) is 7. The van der Waals surface area contributed by atoms with E-state index in [-0.39, 0.29) is 6.17 Å². The number of pyridine rings is 1. The molecule has 198 valence electrons. The van der Waals surface area contributed by atoms with Crippen LogP contribution in [0.3, 0.4) is 0 Å². The second-order valence-corrected chi connectivity index (χ2v) is 9.72. The van der Waals surface area contributed by atoms with Crippen LogP contribution in [0, 0.1) is 0 Å². The number of tetrazole rings is 1. The first-order valence-electron chi connectivity index (χ1n) is 13.4. The average Bonchev–Trinajstić information content (AvgIpc) is 3.25. The molecule has 0 radical (unpaired) electrons. The fourth-order valence-electron chi connectivity index (χ4n) is 4.82. The molecule has 0 bridgehead atoms. The van der Waals surface area contributed by atoms with Gasteiger partial charge in [0.1, 0.15) is 11.9 Å². The maximum Gasteiger partial charge on any atom is 0.219 e. The number of benzene rings is 2. The fourth-order valence-corrected chi connectivity index (χ4v) is 4.82. The Morgan fingerprint density at radius 1 is 0.842 bits per heavy atom. The summed E-state index contributed by atoms with van der Waals surface area (Å²) in [7, 11) is 0. The van der Waals surface area contributed by atoms with E-state index in [1.807, 2.05) is 71.4 Å². The number of ether oxygens (including phenoxy) is 1. The van der Waals surface area contributed by atoms with Crippen LogP contribution >= 0.6 is 0 Å². The second kappa shape index (κ2) is 13.2. The second-order valence-electron chi connectivity index (χ2n) is 9.72. The van der Waals surface area contributed by atoms with Crippen molar-refractivity contribution in [3.8, 4) is 11.6 Å². The molecule has 0 spiro atoms. The summed E-state index contributed by atoms with van der Waals surface area (Å²) in [6.07, 6.45) is 6.73. The van der Waals surface area contributed by atoms with Gasteiger partial charge < -0.3 is 10.5 Å². The van der Waals surface area contributed by atoms with Gasteiger partial charge in [0.2, 0.25) is 5.88 Å². The Labute approximate surface area is 224 Å².